The lowest BCUT2D eigenvalue weighted by atomic mass is 10.2. The average molecular weight is 256 g/mol. The number of ether oxygens (including phenoxy) is 1. The van der Waals surface area contributed by atoms with E-state index < -0.39 is 10.0 Å². The van der Waals surface area contributed by atoms with Crippen LogP contribution in [-0.4, -0.2) is 25.8 Å². The summed E-state index contributed by atoms with van der Waals surface area (Å²) in [5.74, 6) is 1.10. The van der Waals surface area contributed by atoms with Gasteiger partial charge in [-0.1, -0.05) is 6.92 Å². The number of hydrogen-bond donors (Lipinski definition) is 1. The van der Waals surface area contributed by atoms with Crippen molar-refractivity contribution in [3.05, 3.63) is 17.8 Å². The first-order valence-corrected chi connectivity index (χ1v) is 7.51. The van der Waals surface area contributed by atoms with Gasteiger partial charge in [0.15, 0.2) is 0 Å². The van der Waals surface area contributed by atoms with Crippen LogP contribution in [0.1, 0.15) is 25.5 Å². The Labute approximate surface area is 101 Å². The lowest BCUT2D eigenvalue weighted by molar-refractivity contribution is 0.298. The van der Waals surface area contributed by atoms with Crippen LogP contribution in [-0.2, 0) is 16.4 Å². The Morgan fingerprint density at radius 3 is 2.71 bits per heavy atom. The second-order valence-electron chi connectivity index (χ2n) is 4.19. The first kappa shape index (κ1) is 12.2. The zero-order valence-corrected chi connectivity index (χ0v) is 10.8. The number of aromatic nitrogens is 1. The van der Waals surface area contributed by atoms with Crippen LogP contribution in [0.5, 0.6) is 5.75 Å². The van der Waals surface area contributed by atoms with Gasteiger partial charge < -0.3 is 4.74 Å². The van der Waals surface area contributed by atoms with Crippen LogP contribution >= 0.6 is 0 Å². The molecular formula is C11H16N2O3S. The number of rotatable bonds is 5. The van der Waals surface area contributed by atoms with E-state index >= 15 is 0 Å². The van der Waals surface area contributed by atoms with Gasteiger partial charge in [-0.2, -0.15) is 0 Å². The van der Waals surface area contributed by atoms with Crippen LogP contribution in [0.25, 0.3) is 0 Å². The molecule has 0 aliphatic heterocycles. The van der Waals surface area contributed by atoms with Gasteiger partial charge in [0.25, 0.3) is 0 Å². The van der Waals surface area contributed by atoms with Crippen molar-refractivity contribution in [2.75, 3.05) is 11.0 Å². The predicted molar refractivity (Wildman–Crippen MR) is 65.7 cm³/mol. The zero-order chi connectivity index (χ0) is 12.5. The van der Waals surface area contributed by atoms with Crippen molar-refractivity contribution in [3.8, 4) is 5.75 Å². The molecule has 0 unspecified atom stereocenters. The molecular weight excluding hydrogens is 240 g/mol. The van der Waals surface area contributed by atoms with Crippen LogP contribution in [0.4, 0.5) is 5.82 Å². The highest BCUT2D eigenvalue weighted by Gasteiger charge is 2.24. The van der Waals surface area contributed by atoms with Gasteiger partial charge >= 0.3 is 0 Å². The molecule has 0 bridgehead atoms. The maximum absolute atomic E-state index is 11.1. The lowest BCUT2D eigenvalue weighted by Crippen LogP contribution is -2.12. The number of nitrogens with one attached hydrogen (secondary N) is 1. The van der Waals surface area contributed by atoms with E-state index in [1.807, 2.05) is 6.92 Å². The minimum absolute atomic E-state index is 0.316. The molecule has 0 aromatic carbocycles. The van der Waals surface area contributed by atoms with E-state index in [0.29, 0.717) is 18.3 Å². The minimum atomic E-state index is -3.28. The summed E-state index contributed by atoms with van der Waals surface area (Å²) >= 11 is 0. The van der Waals surface area contributed by atoms with Crippen molar-refractivity contribution in [2.45, 2.75) is 32.3 Å². The average Bonchev–Trinajstić information content (AvgIpc) is 3.02. The summed E-state index contributed by atoms with van der Waals surface area (Å²) in [6, 6.07) is 3.40. The summed E-state index contributed by atoms with van der Waals surface area (Å²) in [4.78, 5) is 4.24. The van der Waals surface area contributed by atoms with E-state index in [2.05, 4.69) is 9.71 Å². The van der Waals surface area contributed by atoms with Crippen LogP contribution in [0.3, 0.4) is 0 Å². The fraction of sp³-hybridized carbons (Fsp3) is 0.545. The van der Waals surface area contributed by atoms with E-state index in [-0.39, 0.29) is 0 Å². The van der Waals surface area contributed by atoms with Crippen molar-refractivity contribution in [1.29, 1.82) is 0 Å². The molecule has 1 aliphatic rings. The van der Waals surface area contributed by atoms with E-state index in [1.54, 1.807) is 12.1 Å². The topological polar surface area (TPSA) is 68.3 Å². The molecule has 0 spiro atoms. The Morgan fingerprint density at radius 1 is 1.47 bits per heavy atom. The van der Waals surface area contributed by atoms with Gasteiger partial charge in [0, 0.05) is 0 Å². The number of hydrogen-bond acceptors (Lipinski definition) is 4. The highest BCUT2D eigenvalue weighted by Crippen LogP contribution is 2.29. The third-order valence-electron chi connectivity index (χ3n) is 2.38. The highest BCUT2D eigenvalue weighted by atomic mass is 32.2. The van der Waals surface area contributed by atoms with Crippen LogP contribution in [0.15, 0.2) is 12.1 Å². The van der Waals surface area contributed by atoms with Crippen molar-refractivity contribution >= 4 is 15.8 Å². The summed E-state index contributed by atoms with van der Waals surface area (Å²) in [6.45, 7) is 1.96. The summed E-state index contributed by atoms with van der Waals surface area (Å²) < 4.78 is 30.2. The fourth-order valence-electron chi connectivity index (χ4n) is 1.46. The van der Waals surface area contributed by atoms with E-state index in [1.165, 1.54) is 0 Å². The van der Waals surface area contributed by atoms with E-state index in [0.717, 1.165) is 30.5 Å². The van der Waals surface area contributed by atoms with Crippen LogP contribution < -0.4 is 9.46 Å². The first-order chi connectivity index (χ1) is 7.98. The summed E-state index contributed by atoms with van der Waals surface area (Å²) in [5.41, 5.74) is 0.783. The predicted octanol–water partition coefficient (Wildman–Crippen LogP) is 1.56. The van der Waals surface area contributed by atoms with Gasteiger partial charge in [0.1, 0.15) is 11.6 Å². The van der Waals surface area contributed by atoms with Gasteiger partial charge in [-0.15, -0.1) is 0 Å². The SMILES string of the molecule is CCc1nc(NS(C)(=O)=O)ccc1OC1CC1. The van der Waals surface area contributed by atoms with Crippen LogP contribution in [0, 0.1) is 0 Å². The molecule has 2 rings (SSSR count). The van der Waals surface area contributed by atoms with Crippen molar-refractivity contribution in [3.63, 3.8) is 0 Å². The second kappa shape index (κ2) is 4.52. The molecule has 0 radical (unpaired) electrons. The number of sulfonamides is 1. The quantitative estimate of drug-likeness (QED) is 0.868. The molecule has 5 nitrogen and oxygen atoms in total. The zero-order valence-electron chi connectivity index (χ0n) is 9.93. The number of nitrogens with zero attached hydrogens (tertiary/aromatic N) is 1. The molecule has 0 saturated heterocycles. The Hall–Kier alpha value is -1.30. The number of aryl methyl sites for hydroxylation is 1. The Balaban J connectivity index is 2.20. The molecule has 1 heterocycles. The second-order valence-corrected chi connectivity index (χ2v) is 5.93. The molecule has 1 N–H and O–H groups in total. The van der Waals surface area contributed by atoms with Gasteiger partial charge in [-0.25, -0.2) is 13.4 Å². The molecule has 6 heteroatoms. The lowest BCUT2D eigenvalue weighted by Gasteiger charge is -2.11. The molecule has 17 heavy (non-hydrogen) atoms. The summed E-state index contributed by atoms with van der Waals surface area (Å²) in [7, 11) is -3.28. The highest BCUT2D eigenvalue weighted by molar-refractivity contribution is 7.92. The molecule has 1 fully saturated rings. The van der Waals surface area contributed by atoms with Gasteiger partial charge in [-0.05, 0) is 31.4 Å². The normalized spacial score (nSPS) is 15.6. The van der Waals surface area contributed by atoms with Crippen molar-refractivity contribution in [2.24, 2.45) is 0 Å². The molecule has 1 saturated carbocycles. The fourth-order valence-corrected chi connectivity index (χ4v) is 1.95. The molecule has 1 aromatic rings. The van der Waals surface area contributed by atoms with E-state index in [9.17, 15) is 8.42 Å². The standard InChI is InChI=1S/C11H16N2O3S/c1-3-9-10(16-8-4-5-8)6-7-11(12-9)13-17(2,14)15/h6-8H,3-5H2,1-2H3,(H,12,13). The third kappa shape index (κ3) is 3.59. The van der Waals surface area contributed by atoms with Crippen molar-refractivity contribution < 1.29 is 13.2 Å². The first-order valence-electron chi connectivity index (χ1n) is 5.62. The smallest absolute Gasteiger partial charge is 0.230 e. The van der Waals surface area contributed by atoms with Crippen molar-refractivity contribution in [1.82, 2.24) is 4.98 Å². The molecule has 1 aromatic heterocycles. The third-order valence-corrected chi connectivity index (χ3v) is 2.96. The Morgan fingerprint density at radius 2 is 2.18 bits per heavy atom. The Bertz CT molecular complexity index is 509. The monoisotopic (exact) mass is 256 g/mol. The summed E-state index contributed by atoms with van der Waals surface area (Å²) in [6.07, 6.45) is 4.31. The molecule has 0 amide bonds. The molecule has 1 aliphatic carbocycles. The van der Waals surface area contributed by atoms with Gasteiger partial charge in [0.05, 0.1) is 18.1 Å². The Kier molecular flexibility index (Phi) is 3.24. The van der Waals surface area contributed by atoms with E-state index in [4.69, 9.17) is 4.74 Å². The number of anilines is 1. The van der Waals surface area contributed by atoms with Crippen LogP contribution in [0.2, 0.25) is 0 Å². The minimum Gasteiger partial charge on any atom is -0.489 e. The summed E-state index contributed by atoms with van der Waals surface area (Å²) in [5, 5.41) is 0. The molecule has 0 atom stereocenters. The van der Waals surface area contributed by atoms with Gasteiger partial charge in [-0.3, -0.25) is 4.72 Å². The largest absolute Gasteiger partial charge is 0.489 e. The molecule has 94 valence electrons. The number of pyridine rings is 1. The maximum Gasteiger partial charge on any atom is 0.230 e. The van der Waals surface area contributed by atoms with Gasteiger partial charge in [0.2, 0.25) is 10.0 Å². The maximum atomic E-state index is 11.1.